The average Bonchev–Trinajstić information content (AvgIpc) is 3.27. The Morgan fingerprint density at radius 3 is 1.04 bits per heavy atom. The van der Waals surface area contributed by atoms with Crippen LogP contribution < -0.4 is 16.4 Å². The summed E-state index contributed by atoms with van der Waals surface area (Å²) in [5.41, 5.74) is 5.40. The van der Waals surface area contributed by atoms with Crippen molar-refractivity contribution in [3.8, 4) is 0 Å². The third-order valence-corrected chi connectivity index (χ3v) is 14.1. The number of nitrogens with zero attached hydrogens (tertiary/aromatic N) is 2. The number of nitrogens with two attached hydrogens (primary N) is 1. The van der Waals surface area contributed by atoms with Crippen molar-refractivity contribution in [3.63, 3.8) is 0 Å². The van der Waals surface area contributed by atoms with E-state index in [0.717, 1.165) is 129 Å². The summed E-state index contributed by atoms with van der Waals surface area (Å²) in [6.45, 7) is 22.1. The highest BCUT2D eigenvalue weighted by Gasteiger charge is 2.19. The first-order valence-corrected chi connectivity index (χ1v) is 30.1. The van der Waals surface area contributed by atoms with Crippen molar-refractivity contribution >= 4 is 73.4 Å². The molecule has 0 rings (SSSR count). The lowest BCUT2D eigenvalue weighted by Gasteiger charge is -2.18. The van der Waals surface area contributed by atoms with Crippen LogP contribution in [0.5, 0.6) is 0 Å². The summed E-state index contributed by atoms with van der Waals surface area (Å²) in [4.78, 5) is 46.0. The number of carbonyl (C=O) groups is 3. The van der Waals surface area contributed by atoms with Crippen molar-refractivity contribution in [2.24, 2.45) is 5.73 Å². The molecule has 412 valence electrons. The Hall–Kier alpha value is -1.06. The van der Waals surface area contributed by atoms with Crippen molar-refractivity contribution in [2.75, 3.05) is 87.1 Å². The van der Waals surface area contributed by atoms with E-state index in [-0.39, 0.29) is 60.4 Å². The third-order valence-electron chi connectivity index (χ3n) is 7.32. The first kappa shape index (κ1) is 86.7. The van der Waals surface area contributed by atoms with Crippen LogP contribution in [0.2, 0.25) is 0 Å². The van der Waals surface area contributed by atoms with Gasteiger partial charge in [-0.1, -0.05) is 114 Å². The third kappa shape index (κ3) is 81.9. The van der Waals surface area contributed by atoms with Gasteiger partial charge in [0.05, 0.1) is 19.8 Å². The predicted molar refractivity (Wildman–Crippen MR) is 295 cm³/mol. The molecule has 0 aliphatic heterocycles. The van der Waals surface area contributed by atoms with E-state index in [4.69, 9.17) is 95.9 Å². The second-order valence-electron chi connectivity index (χ2n) is 12.8. The first-order valence-electron chi connectivity index (χ1n) is 22.4. The fourth-order valence-corrected chi connectivity index (χ4v) is 7.73. The molecule has 2 amide bonds. The fourth-order valence-electron chi connectivity index (χ4n) is 4.26. The normalized spacial score (nSPS) is 12.1. The molecule has 0 radical (unpaired) electrons. The van der Waals surface area contributed by atoms with Gasteiger partial charge in [-0.05, 0) is 80.5 Å². The fraction of sp³-hybridized carbons (Fsp3) is 0.886. The zero-order valence-electron chi connectivity index (χ0n) is 41.3. The van der Waals surface area contributed by atoms with Gasteiger partial charge in [-0.25, -0.2) is 13.1 Å². The molecule has 6 N–H and O–H groups in total. The minimum Gasteiger partial charge on any atom is -0.481 e. The SMILES string of the molecule is C.C.C.CC.CC.CC(=O)O.COP(O)(=S)OCCCCCCCCNC(C)=O.[C-]#[N+]CCOP(=S)(OC)OCCCCCCCCNC(C)=O.[C-]#[N+]CCOP(=S)(OC)OCCCCCCN. The molecule has 24 heteroatoms. The van der Waals surface area contributed by atoms with Crippen molar-refractivity contribution in [3.05, 3.63) is 22.8 Å². The van der Waals surface area contributed by atoms with Gasteiger partial charge in [0, 0.05) is 55.2 Å². The maximum absolute atomic E-state index is 10.7. The molecule has 0 aliphatic rings. The number of amides is 2. The van der Waals surface area contributed by atoms with Gasteiger partial charge in [0.1, 0.15) is 13.2 Å². The number of hydrogen-bond acceptors (Lipinski definition) is 15. The van der Waals surface area contributed by atoms with Gasteiger partial charge in [0.2, 0.25) is 24.9 Å². The first-order chi connectivity index (χ1) is 30.9. The summed E-state index contributed by atoms with van der Waals surface area (Å²) in [5.74, 6) is -0.769. The molecule has 18 nitrogen and oxygen atoms in total. The van der Waals surface area contributed by atoms with Crippen molar-refractivity contribution in [2.45, 2.75) is 173 Å². The number of carbonyl (C=O) groups excluding carboxylic acids is 2. The Morgan fingerprint density at radius 2 is 0.779 bits per heavy atom. The Kier molecular flexibility index (Phi) is 86.7. The molecular weight excluding hydrogens is 996 g/mol. The molecule has 0 aliphatic carbocycles. The highest BCUT2D eigenvalue weighted by molar-refractivity contribution is 8.08. The number of carboxylic acid groups (broad SMARTS) is 1. The van der Waals surface area contributed by atoms with Gasteiger partial charge in [0.15, 0.2) is 0 Å². The van der Waals surface area contributed by atoms with E-state index in [9.17, 15) is 14.5 Å². The lowest BCUT2D eigenvalue weighted by atomic mass is 10.1. The van der Waals surface area contributed by atoms with Gasteiger partial charge in [-0.2, -0.15) is 0 Å². The van der Waals surface area contributed by atoms with E-state index in [1.165, 1.54) is 35.2 Å². The molecule has 0 heterocycles. The van der Waals surface area contributed by atoms with Crippen molar-refractivity contribution in [1.82, 2.24) is 10.6 Å². The van der Waals surface area contributed by atoms with Gasteiger partial charge < -0.3 is 72.2 Å². The van der Waals surface area contributed by atoms with E-state index in [1.54, 1.807) is 0 Å². The minimum absolute atomic E-state index is 0. The Labute approximate surface area is 431 Å². The number of carboxylic acids is 1. The molecule has 68 heavy (non-hydrogen) atoms. The zero-order chi connectivity index (χ0) is 51.1. The molecule has 0 aromatic carbocycles. The van der Waals surface area contributed by atoms with Crippen LogP contribution in [0.3, 0.4) is 0 Å². The van der Waals surface area contributed by atoms with Crippen LogP contribution in [0, 0.1) is 13.1 Å². The maximum atomic E-state index is 10.7. The smallest absolute Gasteiger partial charge is 0.327 e. The lowest BCUT2D eigenvalue weighted by Crippen LogP contribution is -2.20. The van der Waals surface area contributed by atoms with E-state index < -0.39 is 26.1 Å². The van der Waals surface area contributed by atoms with Gasteiger partial charge in [0.25, 0.3) is 5.97 Å². The quantitative estimate of drug-likeness (QED) is 0.0223. The van der Waals surface area contributed by atoms with Crippen LogP contribution in [0.1, 0.15) is 173 Å². The Morgan fingerprint density at radius 1 is 0.515 bits per heavy atom. The number of aliphatic carboxylic acids is 1. The molecule has 0 saturated carbocycles. The molecular formula is C44H100N5O13P3S3. The summed E-state index contributed by atoms with van der Waals surface area (Å²) in [7, 11) is 4.32. The van der Waals surface area contributed by atoms with Gasteiger partial charge in [-0.3, -0.25) is 14.4 Å². The second-order valence-corrected chi connectivity index (χ2v) is 22.0. The summed E-state index contributed by atoms with van der Waals surface area (Å²) < 4.78 is 41.5. The van der Waals surface area contributed by atoms with Crippen LogP contribution in [0.15, 0.2) is 0 Å². The summed E-state index contributed by atoms with van der Waals surface area (Å²) in [6.07, 6.45) is 16.9. The number of hydrogen-bond donors (Lipinski definition) is 5. The topological polar surface area (TPSA) is 224 Å². The Balaban J connectivity index is -0.000000100. The van der Waals surface area contributed by atoms with Crippen LogP contribution in [0.25, 0.3) is 9.69 Å². The Bertz CT molecular complexity index is 1320. The van der Waals surface area contributed by atoms with Crippen LogP contribution in [-0.2, 0) is 86.0 Å². The van der Waals surface area contributed by atoms with Crippen molar-refractivity contribution in [1.29, 1.82) is 0 Å². The van der Waals surface area contributed by atoms with Crippen LogP contribution >= 0.6 is 20.2 Å². The number of rotatable bonds is 36. The van der Waals surface area contributed by atoms with Crippen LogP contribution in [-0.4, -0.2) is 115 Å². The van der Waals surface area contributed by atoms with Crippen LogP contribution in [0.4, 0.5) is 0 Å². The van der Waals surface area contributed by atoms with Gasteiger partial charge in [-0.15, -0.1) is 0 Å². The van der Waals surface area contributed by atoms with E-state index >= 15 is 0 Å². The standard InChI is InChI=1S/C14H27N2O4PS.C11H24NO4PS.C10H21N2O3PS.C2H4O2.2C2H6.3CH4/c1-14(17)16-10-8-6-4-5-7-9-12-19-21(22,18-3)20-13-11-15-2;1-11(13)12-9-7-5-3-4-6-8-10-16-17(14,18)15-2;1-12-8-10-15-16(17,13-2)14-9-6-4-3-5-7-11;1-2(3)4;2*1-2;;;/h4-13H2,1,3H3,(H,16,17);3-10H2,1-2H3,(H,12,13)(H,14,18);3-11H2,2H3;1H3,(H,3,4);2*1-2H3;3*1H4. The maximum Gasteiger partial charge on any atom is 0.327 e. The average molecular weight is 1100 g/mol. The highest BCUT2D eigenvalue weighted by atomic mass is 32.5. The van der Waals surface area contributed by atoms with Gasteiger partial charge >= 0.3 is 20.2 Å². The molecule has 3 unspecified atom stereocenters. The predicted octanol–water partition coefficient (Wildman–Crippen LogP) is 12.0. The van der Waals surface area contributed by atoms with E-state index in [1.807, 2.05) is 27.7 Å². The molecule has 0 aromatic heterocycles. The largest absolute Gasteiger partial charge is 0.481 e. The second kappa shape index (κ2) is 68.0. The molecule has 0 bridgehead atoms. The molecule has 0 fully saturated rings. The molecule has 0 saturated heterocycles. The van der Waals surface area contributed by atoms with Crippen molar-refractivity contribution < 1.29 is 60.6 Å². The minimum atomic E-state index is -2.96. The molecule has 3 atom stereocenters. The van der Waals surface area contributed by atoms with E-state index in [2.05, 4.69) is 24.8 Å². The number of unbranched alkanes of at least 4 members (excludes halogenated alkanes) is 13. The van der Waals surface area contributed by atoms with E-state index in [0.29, 0.717) is 19.8 Å². The lowest BCUT2D eigenvalue weighted by molar-refractivity contribution is -0.134. The summed E-state index contributed by atoms with van der Waals surface area (Å²) in [5, 5.41) is 13.0. The molecule has 0 spiro atoms. The monoisotopic (exact) mass is 1100 g/mol. The molecule has 0 aromatic rings. The highest BCUT2D eigenvalue weighted by Crippen LogP contribution is 2.49. The summed E-state index contributed by atoms with van der Waals surface area (Å²) in [6, 6.07) is 0. The number of nitrogens with one attached hydrogen (secondary N) is 2. The zero-order valence-corrected chi connectivity index (χ0v) is 46.4. The summed E-state index contributed by atoms with van der Waals surface area (Å²) >= 11 is 15.0.